The van der Waals surface area contributed by atoms with Gasteiger partial charge in [0.1, 0.15) is 5.82 Å². The molecule has 2 aliphatic heterocycles. The molecule has 0 aliphatic carbocycles. The van der Waals surface area contributed by atoms with E-state index in [9.17, 15) is 14.0 Å². The number of carbonyl (C=O) groups excluding carboxylic acids is 2. The van der Waals surface area contributed by atoms with Crippen LogP contribution < -0.4 is 10.2 Å². The molecule has 5 nitrogen and oxygen atoms in total. The molecule has 1 N–H and O–H groups in total. The van der Waals surface area contributed by atoms with E-state index in [1.54, 1.807) is 46.2 Å². The monoisotopic (exact) mass is 481 g/mol. The summed E-state index contributed by atoms with van der Waals surface area (Å²) in [6.45, 7) is 2.69. The van der Waals surface area contributed by atoms with Crippen LogP contribution >= 0.6 is 23.4 Å². The number of benzene rings is 3. The van der Waals surface area contributed by atoms with Crippen molar-refractivity contribution in [1.82, 2.24) is 4.90 Å². The average molecular weight is 482 g/mol. The second kappa shape index (κ2) is 8.39. The molecule has 0 radical (unpaired) electrons. The minimum Gasteiger partial charge on any atom is -0.308 e. The Balaban J connectivity index is 1.53. The molecule has 8 heteroatoms. The van der Waals surface area contributed by atoms with Crippen LogP contribution in [0.2, 0.25) is 5.02 Å². The predicted molar refractivity (Wildman–Crippen MR) is 130 cm³/mol. The summed E-state index contributed by atoms with van der Waals surface area (Å²) in [7, 11) is 0. The average Bonchev–Trinajstić information content (AvgIpc) is 3.32. The molecule has 0 saturated carbocycles. The predicted octanol–water partition coefficient (Wildman–Crippen LogP) is 5.77. The SMILES string of the molecule is Cc1ccc2c(c1)C1(SCCN1C(=O)Nc1cccc(Cl)c1)C(=O)N2Cc1ccc(F)cc1. The second-order valence-electron chi connectivity index (χ2n) is 8.12. The number of aryl methyl sites for hydroxylation is 1. The van der Waals surface area contributed by atoms with Gasteiger partial charge in [-0.3, -0.25) is 9.69 Å². The quantitative estimate of drug-likeness (QED) is 0.517. The third-order valence-corrected chi connectivity index (χ3v) is 7.58. The fourth-order valence-electron chi connectivity index (χ4n) is 4.42. The number of nitrogens with one attached hydrogen (secondary N) is 1. The lowest BCUT2D eigenvalue weighted by atomic mass is 10.0. The molecular formula is C25H21ClFN3O2S. The zero-order valence-electron chi connectivity index (χ0n) is 17.8. The van der Waals surface area contributed by atoms with Crippen molar-refractivity contribution in [2.45, 2.75) is 18.3 Å². The van der Waals surface area contributed by atoms with Crippen molar-refractivity contribution < 1.29 is 14.0 Å². The minimum atomic E-state index is -1.15. The highest BCUT2D eigenvalue weighted by Crippen LogP contribution is 2.54. The number of hydrogen-bond donors (Lipinski definition) is 1. The first-order valence-electron chi connectivity index (χ1n) is 10.5. The zero-order chi connectivity index (χ0) is 23.2. The molecule has 2 aliphatic rings. The zero-order valence-corrected chi connectivity index (χ0v) is 19.4. The van der Waals surface area contributed by atoms with Gasteiger partial charge in [-0.1, -0.05) is 47.5 Å². The van der Waals surface area contributed by atoms with E-state index in [4.69, 9.17) is 11.6 Å². The van der Waals surface area contributed by atoms with Crippen LogP contribution in [0.4, 0.5) is 20.6 Å². The van der Waals surface area contributed by atoms with Crippen LogP contribution in [0.5, 0.6) is 0 Å². The molecule has 2 heterocycles. The first-order chi connectivity index (χ1) is 15.9. The molecule has 1 spiro atoms. The van der Waals surface area contributed by atoms with Gasteiger partial charge in [-0.2, -0.15) is 0 Å². The van der Waals surface area contributed by atoms with Gasteiger partial charge in [0, 0.05) is 28.6 Å². The normalized spacial score (nSPS) is 19.3. The van der Waals surface area contributed by atoms with Crippen LogP contribution in [0.3, 0.4) is 0 Å². The van der Waals surface area contributed by atoms with Crippen LogP contribution in [0.25, 0.3) is 0 Å². The number of fused-ring (bicyclic) bond motifs is 2. The number of rotatable bonds is 3. The molecule has 1 unspecified atom stereocenters. The Morgan fingerprint density at radius 2 is 1.94 bits per heavy atom. The summed E-state index contributed by atoms with van der Waals surface area (Å²) < 4.78 is 13.4. The standard InChI is InChI=1S/C25H21ClFN3O2S/c1-16-5-10-22-21(13-16)25(23(31)29(22)15-17-6-8-19(27)9-7-17)30(11-12-33-25)24(32)28-20-4-2-3-18(26)14-20/h2-10,13-14H,11-12,15H2,1H3,(H,28,32). The fourth-order valence-corrected chi connectivity index (χ4v) is 6.06. The topological polar surface area (TPSA) is 52.7 Å². The summed E-state index contributed by atoms with van der Waals surface area (Å²) in [5, 5.41) is 3.40. The van der Waals surface area contributed by atoms with Crippen molar-refractivity contribution in [2.75, 3.05) is 22.5 Å². The van der Waals surface area contributed by atoms with E-state index in [1.807, 2.05) is 25.1 Å². The van der Waals surface area contributed by atoms with Gasteiger partial charge in [0.25, 0.3) is 5.91 Å². The van der Waals surface area contributed by atoms with Gasteiger partial charge in [-0.05, 0) is 48.9 Å². The first kappa shape index (κ1) is 21.8. The smallest absolute Gasteiger partial charge is 0.308 e. The van der Waals surface area contributed by atoms with Gasteiger partial charge in [0.05, 0.1) is 12.2 Å². The van der Waals surface area contributed by atoms with Gasteiger partial charge in [0.15, 0.2) is 4.87 Å². The van der Waals surface area contributed by atoms with Crippen LogP contribution in [0, 0.1) is 12.7 Å². The molecule has 33 heavy (non-hydrogen) atoms. The van der Waals surface area contributed by atoms with Crippen molar-refractivity contribution >= 4 is 46.7 Å². The van der Waals surface area contributed by atoms with Crippen LogP contribution in [0.1, 0.15) is 16.7 Å². The Bertz CT molecular complexity index is 1250. The summed E-state index contributed by atoms with van der Waals surface area (Å²) in [5.41, 5.74) is 3.96. The summed E-state index contributed by atoms with van der Waals surface area (Å²) in [6.07, 6.45) is 0. The van der Waals surface area contributed by atoms with Crippen LogP contribution in [-0.2, 0) is 16.2 Å². The molecule has 5 rings (SSSR count). The van der Waals surface area contributed by atoms with Crippen molar-refractivity contribution in [1.29, 1.82) is 0 Å². The molecular weight excluding hydrogens is 461 g/mol. The Kier molecular flexibility index (Phi) is 5.54. The molecule has 0 aromatic heterocycles. The third kappa shape index (κ3) is 3.75. The summed E-state index contributed by atoms with van der Waals surface area (Å²) in [5.74, 6) is 0.136. The van der Waals surface area contributed by atoms with Gasteiger partial charge in [-0.15, -0.1) is 11.8 Å². The highest BCUT2D eigenvalue weighted by molar-refractivity contribution is 8.01. The Morgan fingerprint density at radius 1 is 1.15 bits per heavy atom. The Morgan fingerprint density at radius 3 is 2.70 bits per heavy atom. The molecule has 1 saturated heterocycles. The van der Waals surface area contributed by atoms with E-state index in [0.29, 0.717) is 29.6 Å². The summed E-state index contributed by atoms with van der Waals surface area (Å²) in [4.78, 5) is 29.5. The van der Waals surface area contributed by atoms with E-state index in [2.05, 4.69) is 5.32 Å². The van der Waals surface area contributed by atoms with Crippen molar-refractivity contribution in [3.63, 3.8) is 0 Å². The number of nitrogens with zero attached hydrogens (tertiary/aromatic N) is 2. The van der Waals surface area contributed by atoms with Crippen LogP contribution in [0.15, 0.2) is 66.7 Å². The van der Waals surface area contributed by atoms with Crippen molar-refractivity contribution in [3.05, 3.63) is 94.3 Å². The van der Waals surface area contributed by atoms with Crippen LogP contribution in [-0.4, -0.2) is 29.1 Å². The van der Waals surface area contributed by atoms with Crippen molar-refractivity contribution in [2.24, 2.45) is 0 Å². The largest absolute Gasteiger partial charge is 0.323 e. The van der Waals surface area contributed by atoms with E-state index < -0.39 is 4.87 Å². The number of urea groups is 1. The fraction of sp³-hybridized carbons (Fsp3) is 0.200. The molecule has 0 bridgehead atoms. The summed E-state index contributed by atoms with van der Waals surface area (Å²) >= 11 is 7.54. The number of hydrogen-bond acceptors (Lipinski definition) is 3. The lowest BCUT2D eigenvalue weighted by molar-refractivity contribution is -0.123. The highest BCUT2D eigenvalue weighted by atomic mass is 35.5. The third-order valence-electron chi connectivity index (χ3n) is 5.92. The van der Waals surface area contributed by atoms with E-state index in [0.717, 1.165) is 22.4 Å². The number of thioether (sulfide) groups is 1. The molecule has 3 amide bonds. The lowest BCUT2D eigenvalue weighted by Crippen LogP contribution is -2.51. The maximum Gasteiger partial charge on any atom is 0.323 e. The molecule has 3 aromatic carbocycles. The maximum absolute atomic E-state index is 14.0. The van der Waals surface area contributed by atoms with Gasteiger partial charge in [-0.25, -0.2) is 9.18 Å². The minimum absolute atomic E-state index is 0.170. The summed E-state index contributed by atoms with van der Waals surface area (Å²) in [6, 6.07) is 18.5. The first-order valence-corrected chi connectivity index (χ1v) is 11.9. The van der Waals surface area contributed by atoms with E-state index in [-0.39, 0.29) is 17.8 Å². The van der Waals surface area contributed by atoms with Gasteiger partial charge >= 0.3 is 6.03 Å². The Hall–Kier alpha value is -3.03. The molecule has 168 valence electrons. The maximum atomic E-state index is 14.0. The van der Waals surface area contributed by atoms with Crippen molar-refractivity contribution in [3.8, 4) is 0 Å². The molecule has 3 aromatic rings. The lowest BCUT2D eigenvalue weighted by Gasteiger charge is -2.33. The second-order valence-corrected chi connectivity index (χ2v) is 9.85. The number of halogens is 2. The molecule has 1 atom stereocenters. The highest BCUT2D eigenvalue weighted by Gasteiger charge is 2.59. The number of carbonyl (C=O) groups is 2. The number of anilines is 2. The number of amides is 3. The Labute approximate surface area is 200 Å². The van der Waals surface area contributed by atoms with E-state index in [1.165, 1.54) is 23.9 Å². The van der Waals surface area contributed by atoms with Gasteiger partial charge in [0.2, 0.25) is 0 Å². The van der Waals surface area contributed by atoms with E-state index >= 15 is 0 Å². The van der Waals surface area contributed by atoms with Gasteiger partial charge < -0.3 is 10.2 Å². The molecule has 1 fully saturated rings.